The minimum absolute atomic E-state index is 0.0350. The molecule has 1 aromatic heterocycles. The number of carbonyl (C=O) groups excluding carboxylic acids is 1. The normalized spacial score (nSPS) is 14.6. The van der Waals surface area contributed by atoms with E-state index in [9.17, 15) is 4.79 Å². The Hall–Kier alpha value is -0.940. The zero-order valence-electron chi connectivity index (χ0n) is 12.3. The Kier molecular flexibility index (Phi) is 5.54. The van der Waals surface area contributed by atoms with Gasteiger partial charge in [0.15, 0.2) is 0 Å². The van der Waals surface area contributed by atoms with Crippen molar-refractivity contribution < 1.29 is 9.90 Å². The molecule has 20 heavy (non-hydrogen) atoms. The van der Waals surface area contributed by atoms with E-state index >= 15 is 0 Å². The number of amides is 1. The Labute approximate surface area is 124 Å². The van der Waals surface area contributed by atoms with Gasteiger partial charge in [-0.25, -0.2) is 0 Å². The van der Waals surface area contributed by atoms with Crippen LogP contribution in [0.25, 0.3) is 0 Å². The molecule has 5 heteroatoms. The first-order chi connectivity index (χ1) is 9.65. The van der Waals surface area contributed by atoms with Crippen LogP contribution in [0, 0.1) is 13.8 Å². The molecule has 4 nitrogen and oxygen atoms in total. The van der Waals surface area contributed by atoms with E-state index < -0.39 is 0 Å². The molecule has 112 valence electrons. The zero-order valence-corrected chi connectivity index (χ0v) is 13.1. The summed E-state index contributed by atoms with van der Waals surface area (Å²) in [6, 6.07) is 2.62. The summed E-state index contributed by atoms with van der Waals surface area (Å²) in [5.41, 5.74) is 3.10. The molecule has 1 heterocycles. The predicted octanol–water partition coefficient (Wildman–Crippen LogP) is 2.29. The van der Waals surface area contributed by atoms with Gasteiger partial charge in [-0.2, -0.15) is 11.8 Å². The molecule has 2 N–H and O–H groups in total. The molecule has 0 aliphatic heterocycles. The summed E-state index contributed by atoms with van der Waals surface area (Å²) < 4.78 is 2.30. The van der Waals surface area contributed by atoms with Gasteiger partial charge in [0, 0.05) is 36.3 Å². The van der Waals surface area contributed by atoms with E-state index in [0.29, 0.717) is 12.6 Å². The van der Waals surface area contributed by atoms with Crippen LogP contribution in [0.5, 0.6) is 0 Å². The Balaban J connectivity index is 1.82. The van der Waals surface area contributed by atoms with Gasteiger partial charge in [-0.05, 0) is 44.9 Å². The monoisotopic (exact) mass is 296 g/mol. The first-order valence-corrected chi connectivity index (χ1v) is 8.46. The van der Waals surface area contributed by atoms with Crippen molar-refractivity contribution in [1.82, 2.24) is 9.88 Å². The molecule has 0 unspecified atom stereocenters. The maximum absolute atomic E-state index is 12.2. The van der Waals surface area contributed by atoms with Crippen molar-refractivity contribution in [2.75, 3.05) is 24.7 Å². The van der Waals surface area contributed by atoms with Gasteiger partial charge in [0.2, 0.25) is 0 Å². The number of aryl methyl sites for hydroxylation is 1. The van der Waals surface area contributed by atoms with Crippen molar-refractivity contribution in [1.29, 1.82) is 0 Å². The maximum Gasteiger partial charge on any atom is 0.253 e. The fraction of sp³-hybridized carbons (Fsp3) is 0.667. The van der Waals surface area contributed by atoms with Crippen LogP contribution in [-0.4, -0.2) is 40.2 Å². The van der Waals surface area contributed by atoms with Crippen molar-refractivity contribution in [2.45, 2.75) is 39.2 Å². The number of aliphatic hydroxyl groups excluding tert-OH is 1. The highest BCUT2D eigenvalue weighted by Crippen LogP contribution is 2.38. The smallest absolute Gasteiger partial charge is 0.253 e. The minimum atomic E-state index is 0.0350. The van der Waals surface area contributed by atoms with Crippen LogP contribution in [-0.2, 0) is 0 Å². The highest BCUT2D eigenvalue weighted by atomic mass is 32.2. The summed E-state index contributed by atoms with van der Waals surface area (Å²) >= 11 is 1.76. The fourth-order valence-corrected chi connectivity index (χ4v) is 3.29. The van der Waals surface area contributed by atoms with Gasteiger partial charge in [0.1, 0.15) is 0 Å². The number of aromatic nitrogens is 1. The van der Waals surface area contributed by atoms with Crippen LogP contribution in [0.3, 0.4) is 0 Å². The van der Waals surface area contributed by atoms with Crippen molar-refractivity contribution in [3.05, 3.63) is 23.0 Å². The number of carbonyl (C=O) groups is 1. The van der Waals surface area contributed by atoms with Crippen LogP contribution < -0.4 is 5.32 Å². The van der Waals surface area contributed by atoms with Crippen molar-refractivity contribution in [2.24, 2.45) is 0 Å². The summed E-state index contributed by atoms with van der Waals surface area (Å²) in [6.07, 6.45) is 3.29. The first-order valence-electron chi connectivity index (χ1n) is 7.30. The highest BCUT2D eigenvalue weighted by Gasteiger charge is 2.28. The molecule has 0 atom stereocenters. The third-order valence-electron chi connectivity index (χ3n) is 3.62. The standard InChI is InChI=1S/C15H24N2O2S/c1-11-10-14(12(2)17(11)13-4-5-13)15(19)16-6-9-20-8-3-7-18/h10,13,18H,3-9H2,1-2H3,(H,16,19). The molecule has 0 spiro atoms. The highest BCUT2D eigenvalue weighted by molar-refractivity contribution is 7.99. The van der Waals surface area contributed by atoms with Crippen molar-refractivity contribution in [3.8, 4) is 0 Å². The van der Waals surface area contributed by atoms with E-state index in [0.717, 1.165) is 29.2 Å². The van der Waals surface area contributed by atoms with E-state index in [1.165, 1.54) is 18.5 Å². The molecule has 0 aromatic carbocycles. The summed E-state index contributed by atoms with van der Waals surface area (Å²) in [6.45, 7) is 5.04. The van der Waals surface area contributed by atoms with Gasteiger partial charge in [0.25, 0.3) is 5.91 Å². The largest absolute Gasteiger partial charge is 0.396 e. The van der Waals surface area contributed by atoms with Gasteiger partial charge in [0.05, 0.1) is 5.56 Å². The quantitative estimate of drug-likeness (QED) is 0.724. The molecular weight excluding hydrogens is 272 g/mol. The summed E-state index contributed by atoms with van der Waals surface area (Å²) in [7, 11) is 0. The average molecular weight is 296 g/mol. The third-order valence-corrected chi connectivity index (χ3v) is 4.69. The van der Waals surface area contributed by atoms with Crippen LogP contribution in [0.15, 0.2) is 6.07 Å². The Morgan fingerprint density at radius 1 is 1.45 bits per heavy atom. The number of rotatable bonds is 8. The lowest BCUT2D eigenvalue weighted by Crippen LogP contribution is -2.26. The van der Waals surface area contributed by atoms with E-state index in [4.69, 9.17) is 5.11 Å². The van der Waals surface area contributed by atoms with Gasteiger partial charge < -0.3 is 15.0 Å². The van der Waals surface area contributed by atoms with E-state index in [1.807, 2.05) is 13.0 Å². The second kappa shape index (κ2) is 7.18. The molecule has 0 saturated heterocycles. The summed E-state index contributed by atoms with van der Waals surface area (Å²) in [5.74, 6) is 1.88. The number of hydrogen-bond acceptors (Lipinski definition) is 3. The topological polar surface area (TPSA) is 54.3 Å². The first kappa shape index (κ1) is 15.4. The number of nitrogens with one attached hydrogen (secondary N) is 1. The lowest BCUT2D eigenvalue weighted by molar-refractivity contribution is 0.0955. The zero-order chi connectivity index (χ0) is 14.5. The predicted molar refractivity (Wildman–Crippen MR) is 83.5 cm³/mol. The minimum Gasteiger partial charge on any atom is -0.396 e. The lowest BCUT2D eigenvalue weighted by atomic mass is 10.2. The number of hydrogen-bond donors (Lipinski definition) is 2. The molecule has 0 bridgehead atoms. The van der Waals surface area contributed by atoms with Crippen molar-refractivity contribution in [3.63, 3.8) is 0 Å². The Morgan fingerprint density at radius 3 is 2.85 bits per heavy atom. The molecule has 1 aromatic rings. The molecule has 1 fully saturated rings. The second-order valence-electron chi connectivity index (χ2n) is 5.33. The Bertz CT molecular complexity index is 467. The van der Waals surface area contributed by atoms with Gasteiger partial charge in [-0.1, -0.05) is 0 Å². The van der Waals surface area contributed by atoms with Gasteiger partial charge >= 0.3 is 0 Å². The third kappa shape index (κ3) is 3.79. The molecule has 2 rings (SSSR count). The molecule has 1 aliphatic carbocycles. The molecule has 1 amide bonds. The fourth-order valence-electron chi connectivity index (χ4n) is 2.50. The van der Waals surface area contributed by atoms with E-state index in [-0.39, 0.29) is 12.5 Å². The van der Waals surface area contributed by atoms with Crippen LogP contribution in [0.1, 0.15) is 47.1 Å². The van der Waals surface area contributed by atoms with Crippen LogP contribution in [0.2, 0.25) is 0 Å². The van der Waals surface area contributed by atoms with Gasteiger partial charge in [-0.3, -0.25) is 4.79 Å². The number of nitrogens with zero attached hydrogens (tertiary/aromatic N) is 1. The molecular formula is C15H24N2O2S. The maximum atomic E-state index is 12.2. The van der Waals surface area contributed by atoms with Crippen LogP contribution in [0.4, 0.5) is 0 Å². The van der Waals surface area contributed by atoms with E-state index in [2.05, 4.69) is 16.8 Å². The lowest BCUT2D eigenvalue weighted by Gasteiger charge is -2.08. The number of thioether (sulfide) groups is 1. The molecule has 1 saturated carbocycles. The van der Waals surface area contributed by atoms with Crippen LogP contribution >= 0.6 is 11.8 Å². The SMILES string of the molecule is Cc1cc(C(=O)NCCSCCCO)c(C)n1C1CC1. The van der Waals surface area contributed by atoms with Crippen molar-refractivity contribution >= 4 is 17.7 Å². The second-order valence-corrected chi connectivity index (χ2v) is 6.56. The van der Waals surface area contributed by atoms with E-state index in [1.54, 1.807) is 11.8 Å². The van der Waals surface area contributed by atoms with Gasteiger partial charge in [-0.15, -0.1) is 0 Å². The average Bonchev–Trinajstić information content (AvgIpc) is 3.20. The number of aliphatic hydroxyl groups is 1. The summed E-state index contributed by atoms with van der Waals surface area (Å²) in [5, 5.41) is 11.7. The summed E-state index contributed by atoms with van der Waals surface area (Å²) in [4.78, 5) is 12.2. The Morgan fingerprint density at radius 2 is 2.20 bits per heavy atom. The molecule has 1 aliphatic rings. The molecule has 0 radical (unpaired) electrons.